The fourth-order valence-electron chi connectivity index (χ4n) is 4.13. The predicted octanol–water partition coefficient (Wildman–Crippen LogP) is 6.39. The molecule has 4 aromatic carbocycles. The van der Waals surface area contributed by atoms with Gasteiger partial charge in [-0.3, -0.25) is 4.79 Å². The number of hydrogen-bond acceptors (Lipinski definition) is 2. The first kappa shape index (κ1) is 22.4. The topological polar surface area (TPSA) is 46.9 Å². The smallest absolute Gasteiger partial charge is 0.244 e. The van der Waals surface area contributed by atoms with E-state index in [0.29, 0.717) is 13.1 Å². The number of fused-ring (bicyclic) bond motifs is 1. The number of aryl methyl sites for hydroxylation is 1. The predicted molar refractivity (Wildman–Crippen MR) is 143 cm³/mol. The molecule has 0 aliphatic rings. The average molecular weight is 458 g/mol. The van der Waals surface area contributed by atoms with E-state index in [0.717, 1.165) is 28.0 Å². The highest BCUT2D eigenvalue weighted by molar-refractivity contribution is 5.91. The van der Waals surface area contributed by atoms with Gasteiger partial charge in [-0.2, -0.15) is 0 Å². The standard InChI is InChI=1S/C31H27N3O/c1-23-11-13-25(14-12-23)22-34-29-10-6-5-9-28(29)33-30(34)21-32-31(35)20-17-24-15-18-27(19-16-24)26-7-3-2-4-8-26/h2-20H,21-22H2,1H3,(H,32,35)/b20-17+. The van der Waals surface area contributed by atoms with Crippen LogP contribution in [-0.4, -0.2) is 15.5 Å². The number of imidazole rings is 1. The van der Waals surface area contributed by atoms with Gasteiger partial charge in [0, 0.05) is 12.6 Å². The highest BCUT2D eigenvalue weighted by Crippen LogP contribution is 2.20. The van der Waals surface area contributed by atoms with Crippen LogP contribution < -0.4 is 5.32 Å². The van der Waals surface area contributed by atoms with Crippen LogP contribution in [-0.2, 0) is 17.9 Å². The van der Waals surface area contributed by atoms with Crippen LogP contribution in [0.5, 0.6) is 0 Å². The first-order chi connectivity index (χ1) is 17.2. The molecule has 1 heterocycles. The van der Waals surface area contributed by atoms with E-state index < -0.39 is 0 Å². The van der Waals surface area contributed by atoms with Crippen LogP contribution >= 0.6 is 0 Å². The van der Waals surface area contributed by atoms with Gasteiger partial charge < -0.3 is 9.88 Å². The van der Waals surface area contributed by atoms with Crippen molar-refractivity contribution >= 4 is 23.0 Å². The molecule has 0 fully saturated rings. The SMILES string of the molecule is Cc1ccc(Cn2c(CNC(=O)/C=C/c3ccc(-c4ccccc4)cc3)nc3ccccc32)cc1. The van der Waals surface area contributed by atoms with E-state index in [1.807, 2.05) is 54.6 Å². The number of carbonyl (C=O) groups excluding carboxylic acids is 1. The van der Waals surface area contributed by atoms with Gasteiger partial charge in [0.2, 0.25) is 5.91 Å². The minimum atomic E-state index is -0.147. The molecule has 0 spiro atoms. The quantitative estimate of drug-likeness (QED) is 0.288. The van der Waals surface area contributed by atoms with E-state index in [4.69, 9.17) is 4.98 Å². The molecule has 4 nitrogen and oxygen atoms in total. The van der Waals surface area contributed by atoms with Gasteiger partial charge in [-0.15, -0.1) is 0 Å². The molecule has 172 valence electrons. The molecule has 0 radical (unpaired) electrons. The number of carbonyl (C=O) groups is 1. The zero-order valence-corrected chi connectivity index (χ0v) is 19.7. The first-order valence-corrected chi connectivity index (χ1v) is 11.8. The molecule has 5 aromatic rings. The Balaban J connectivity index is 1.27. The number of rotatable bonds is 7. The average Bonchev–Trinajstić information content (AvgIpc) is 3.25. The Kier molecular flexibility index (Phi) is 6.53. The molecule has 0 bridgehead atoms. The number of hydrogen-bond donors (Lipinski definition) is 1. The number of para-hydroxylation sites is 2. The maximum Gasteiger partial charge on any atom is 0.244 e. The van der Waals surface area contributed by atoms with E-state index in [1.54, 1.807) is 6.08 Å². The van der Waals surface area contributed by atoms with Crippen LogP contribution in [0.2, 0.25) is 0 Å². The third-order valence-corrected chi connectivity index (χ3v) is 6.06. The van der Waals surface area contributed by atoms with Gasteiger partial charge in [0.25, 0.3) is 0 Å². The Labute approximate surface area is 205 Å². The zero-order valence-electron chi connectivity index (χ0n) is 19.7. The van der Waals surface area contributed by atoms with Crippen molar-refractivity contribution in [2.24, 2.45) is 0 Å². The summed E-state index contributed by atoms with van der Waals surface area (Å²) in [6, 6.07) is 35.0. The first-order valence-electron chi connectivity index (χ1n) is 11.8. The van der Waals surface area contributed by atoms with Gasteiger partial charge in [0.15, 0.2) is 0 Å². The van der Waals surface area contributed by atoms with Crippen molar-refractivity contribution < 1.29 is 4.79 Å². The molecule has 4 heteroatoms. The van der Waals surface area contributed by atoms with E-state index in [-0.39, 0.29) is 5.91 Å². The summed E-state index contributed by atoms with van der Waals surface area (Å²) < 4.78 is 2.17. The summed E-state index contributed by atoms with van der Waals surface area (Å²) in [4.78, 5) is 17.3. The van der Waals surface area contributed by atoms with Crippen molar-refractivity contribution in [3.63, 3.8) is 0 Å². The van der Waals surface area contributed by atoms with Crippen LogP contribution in [0.1, 0.15) is 22.5 Å². The second-order valence-electron chi connectivity index (χ2n) is 8.63. The van der Waals surface area contributed by atoms with Crippen molar-refractivity contribution in [1.29, 1.82) is 0 Å². The van der Waals surface area contributed by atoms with Crippen molar-refractivity contribution in [3.05, 3.63) is 132 Å². The lowest BCUT2D eigenvalue weighted by Crippen LogP contribution is -2.23. The van der Waals surface area contributed by atoms with Crippen LogP contribution in [0.3, 0.4) is 0 Å². The molecular weight excluding hydrogens is 430 g/mol. The van der Waals surface area contributed by atoms with Gasteiger partial charge in [-0.05, 0) is 47.4 Å². The molecule has 0 aliphatic heterocycles. The molecule has 35 heavy (non-hydrogen) atoms. The van der Waals surface area contributed by atoms with Crippen molar-refractivity contribution in [1.82, 2.24) is 14.9 Å². The fourth-order valence-corrected chi connectivity index (χ4v) is 4.13. The van der Waals surface area contributed by atoms with Gasteiger partial charge in [-0.25, -0.2) is 4.98 Å². The maximum atomic E-state index is 12.6. The lowest BCUT2D eigenvalue weighted by molar-refractivity contribution is -0.116. The van der Waals surface area contributed by atoms with E-state index >= 15 is 0 Å². The number of nitrogens with one attached hydrogen (secondary N) is 1. The summed E-state index contributed by atoms with van der Waals surface area (Å²) in [5.74, 6) is 0.687. The Hall–Kier alpha value is -4.44. The second-order valence-corrected chi connectivity index (χ2v) is 8.63. The fraction of sp³-hybridized carbons (Fsp3) is 0.0968. The van der Waals surface area contributed by atoms with Crippen LogP contribution in [0.25, 0.3) is 28.2 Å². The molecule has 0 unspecified atom stereocenters. The lowest BCUT2D eigenvalue weighted by atomic mass is 10.0. The molecule has 0 saturated heterocycles. The van der Waals surface area contributed by atoms with Gasteiger partial charge >= 0.3 is 0 Å². The molecule has 1 amide bonds. The van der Waals surface area contributed by atoms with E-state index in [1.165, 1.54) is 16.7 Å². The molecule has 1 N–H and O–H groups in total. The van der Waals surface area contributed by atoms with Crippen LogP contribution in [0.15, 0.2) is 109 Å². The molecule has 5 rings (SSSR count). The summed E-state index contributed by atoms with van der Waals surface area (Å²) in [5.41, 5.74) is 7.73. The van der Waals surface area contributed by atoms with Crippen molar-refractivity contribution in [2.75, 3.05) is 0 Å². The molecule has 0 aliphatic carbocycles. The zero-order chi connectivity index (χ0) is 24.0. The number of nitrogens with zero attached hydrogens (tertiary/aromatic N) is 2. The normalized spacial score (nSPS) is 11.2. The lowest BCUT2D eigenvalue weighted by Gasteiger charge is -2.10. The number of amides is 1. The summed E-state index contributed by atoms with van der Waals surface area (Å²) in [7, 11) is 0. The molecule has 1 aromatic heterocycles. The Morgan fingerprint density at radius 1 is 0.829 bits per heavy atom. The van der Waals surface area contributed by atoms with Gasteiger partial charge in [-0.1, -0.05) is 96.6 Å². The van der Waals surface area contributed by atoms with E-state index in [2.05, 4.69) is 71.4 Å². The van der Waals surface area contributed by atoms with Gasteiger partial charge in [0.1, 0.15) is 5.82 Å². The Morgan fingerprint density at radius 3 is 2.29 bits per heavy atom. The third kappa shape index (κ3) is 5.39. The number of aromatic nitrogens is 2. The largest absolute Gasteiger partial charge is 0.345 e. The Morgan fingerprint density at radius 2 is 1.51 bits per heavy atom. The summed E-state index contributed by atoms with van der Waals surface area (Å²) in [5, 5.41) is 2.99. The van der Waals surface area contributed by atoms with Crippen LogP contribution in [0, 0.1) is 6.92 Å². The van der Waals surface area contributed by atoms with Crippen LogP contribution in [0.4, 0.5) is 0 Å². The van der Waals surface area contributed by atoms with Gasteiger partial charge in [0.05, 0.1) is 17.6 Å². The summed E-state index contributed by atoms with van der Waals surface area (Å²) in [6.45, 7) is 3.15. The molecule has 0 atom stereocenters. The maximum absolute atomic E-state index is 12.6. The minimum absolute atomic E-state index is 0.147. The highest BCUT2D eigenvalue weighted by Gasteiger charge is 2.11. The molecule has 0 saturated carbocycles. The summed E-state index contributed by atoms with van der Waals surface area (Å²) >= 11 is 0. The molecular formula is C31H27N3O. The van der Waals surface area contributed by atoms with Crippen molar-refractivity contribution in [2.45, 2.75) is 20.0 Å². The number of benzene rings is 4. The second kappa shape index (κ2) is 10.2. The monoisotopic (exact) mass is 457 g/mol. The third-order valence-electron chi connectivity index (χ3n) is 6.06. The minimum Gasteiger partial charge on any atom is -0.345 e. The Bertz CT molecular complexity index is 1460. The van der Waals surface area contributed by atoms with Crippen molar-refractivity contribution in [3.8, 4) is 11.1 Å². The van der Waals surface area contributed by atoms with E-state index in [9.17, 15) is 4.79 Å². The summed E-state index contributed by atoms with van der Waals surface area (Å²) in [6.07, 6.45) is 3.41. The highest BCUT2D eigenvalue weighted by atomic mass is 16.1.